The van der Waals surface area contributed by atoms with Gasteiger partial charge in [-0.15, -0.1) is 35.7 Å². The zero-order valence-corrected chi connectivity index (χ0v) is 32.6. The molecule has 0 fully saturated rings. The van der Waals surface area contributed by atoms with Crippen molar-refractivity contribution in [3.8, 4) is 34.1 Å². The largest absolute Gasteiger partial charge is 2.00 e. The van der Waals surface area contributed by atoms with Gasteiger partial charge in [-0.25, -0.2) is 4.98 Å². The van der Waals surface area contributed by atoms with Gasteiger partial charge in [0.25, 0.3) is 0 Å². The zero-order chi connectivity index (χ0) is 35.4. The molecule has 5 nitrogen and oxygen atoms in total. The third-order valence-corrected chi connectivity index (χ3v) is 9.57. The fraction of sp³-hybridized carbons (Fsp3) is 0.289. The summed E-state index contributed by atoms with van der Waals surface area (Å²) in [6, 6.07) is 36.9. The summed E-state index contributed by atoms with van der Waals surface area (Å²) in [6.45, 7) is 20.2. The molecule has 0 atom stereocenters. The van der Waals surface area contributed by atoms with E-state index < -0.39 is 0 Å². The first-order valence-electron chi connectivity index (χ1n) is 17.7. The van der Waals surface area contributed by atoms with Crippen LogP contribution in [0.25, 0.3) is 44.4 Å². The monoisotopic (exact) mass is 764 g/mol. The molecule has 262 valence electrons. The Morgan fingerprint density at radius 3 is 2.10 bits per heavy atom. The summed E-state index contributed by atoms with van der Waals surface area (Å²) >= 11 is 0. The number of pyridine rings is 1. The van der Waals surface area contributed by atoms with Crippen molar-refractivity contribution in [2.24, 2.45) is 0 Å². The number of hydrogen-bond acceptors (Lipinski definition) is 3. The van der Waals surface area contributed by atoms with Crippen molar-refractivity contribution in [2.75, 3.05) is 0 Å². The van der Waals surface area contributed by atoms with Gasteiger partial charge in [0.1, 0.15) is 5.82 Å². The number of fused-ring (bicyclic) bond motifs is 3. The third-order valence-electron chi connectivity index (χ3n) is 9.57. The molecule has 0 saturated heterocycles. The molecule has 51 heavy (non-hydrogen) atoms. The second kappa shape index (κ2) is 13.9. The Morgan fingerprint density at radius 1 is 0.725 bits per heavy atom. The van der Waals surface area contributed by atoms with Crippen molar-refractivity contribution in [1.82, 2.24) is 19.3 Å². The van der Waals surface area contributed by atoms with Crippen molar-refractivity contribution in [3.63, 3.8) is 0 Å². The van der Waals surface area contributed by atoms with Gasteiger partial charge in [0.2, 0.25) is 0 Å². The first-order chi connectivity index (χ1) is 23.9. The fourth-order valence-electron chi connectivity index (χ4n) is 6.80. The van der Waals surface area contributed by atoms with E-state index in [0.717, 1.165) is 57.4 Å². The average molecular weight is 765 g/mol. The van der Waals surface area contributed by atoms with Gasteiger partial charge in [0.15, 0.2) is 0 Å². The van der Waals surface area contributed by atoms with E-state index in [4.69, 9.17) is 14.8 Å². The SMILES string of the molecule is CCc1nn(-c2[c-]c(Oc3[c-]c4c(cc3)c3ccccc3n4-c3cc(C)ccn3)ccc2)c(CC)c1-c1cc(C(C)(C)C)cc(C(C)(C)C)c1.[Pd+2]. The molecule has 3 heterocycles. The van der Waals surface area contributed by atoms with Crippen molar-refractivity contribution >= 4 is 21.8 Å². The first kappa shape index (κ1) is 36.3. The Bertz CT molecular complexity index is 2330. The van der Waals surface area contributed by atoms with Crippen LogP contribution in [0.1, 0.15) is 83.5 Å². The summed E-state index contributed by atoms with van der Waals surface area (Å²) < 4.78 is 10.7. The van der Waals surface area contributed by atoms with E-state index in [2.05, 4.69) is 144 Å². The summed E-state index contributed by atoms with van der Waals surface area (Å²) in [4.78, 5) is 4.71. The molecule has 3 aromatic heterocycles. The molecule has 4 aromatic carbocycles. The van der Waals surface area contributed by atoms with Crippen LogP contribution < -0.4 is 4.74 Å². The summed E-state index contributed by atoms with van der Waals surface area (Å²) in [6.07, 6.45) is 3.51. The second-order valence-corrected chi connectivity index (χ2v) is 15.3. The van der Waals surface area contributed by atoms with Gasteiger partial charge in [-0.2, -0.15) is 17.2 Å². The van der Waals surface area contributed by atoms with Crippen LogP contribution in [-0.4, -0.2) is 19.3 Å². The number of nitrogens with zero attached hydrogens (tertiary/aromatic N) is 4. The van der Waals surface area contributed by atoms with Crippen LogP contribution >= 0.6 is 0 Å². The molecule has 0 aliphatic rings. The smallest absolute Gasteiger partial charge is 0.509 e. The van der Waals surface area contributed by atoms with Gasteiger partial charge in [0, 0.05) is 34.5 Å². The summed E-state index contributed by atoms with van der Waals surface area (Å²) in [7, 11) is 0. The molecule has 0 bridgehead atoms. The minimum atomic E-state index is 0. The maximum absolute atomic E-state index is 6.50. The molecule has 0 aliphatic carbocycles. The number of aryl methyl sites for hydroxylation is 2. The molecule has 7 rings (SSSR count). The quantitative estimate of drug-likeness (QED) is 0.120. The zero-order valence-electron chi connectivity index (χ0n) is 31.1. The standard InChI is InChI=1S/C45H46N4O.Pd/c1-10-38-43(30-24-31(44(4,5)6)26-32(25-30)45(7,8)9)39(11-2)49(47-38)33-15-14-16-34(27-33)50-35-19-20-37-36-17-12-13-18-40(36)48(41(37)28-35)42-23-29(3)21-22-46-42;/h12-26H,10-11H2,1-9H3;/q-2;+2. The molecule has 6 heteroatoms. The van der Waals surface area contributed by atoms with Crippen molar-refractivity contribution in [1.29, 1.82) is 0 Å². The average Bonchev–Trinajstić information content (AvgIpc) is 3.63. The Balaban J connectivity index is 0.00000448. The number of ether oxygens (including phenoxy) is 1. The first-order valence-corrected chi connectivity index (χ1v) is 17.7. The number of rotatable bonds is 7. The van der Waals surface area contributed by atoms with Gasteiger partial charge in [-0.05, 0) is 82.1 Å². The Morgan fingerprint density at radius 2 is 1.43 bits per heavy atom. The van der Waals surface area contributed by atoms with Gasteiger partial charge >= 0.3 is 20.4 Å². The molecular weight excluding hydrogens is 719 g/mol. The number of hydrogen-bond donors (Lipinski definition) is 0. The third kappa shape index (κ3) is 6.93. The van der Waals surface area contributed by atoms with Crippen LogP contribution in [0.4, 0.5) is 0 Å². The molecule has 0 aliphatic heterocycles. The van der Waals surface area contributed by atoms with Crippen LogP contribution in [0.3, 0.4) is 0 Å². The van der Waals surface area contributed by atoms with Crippen molar-refractivity contribution in [2.45, 2.75) is 86.0 Å². The number of para-hydroxylation sites is 1. The maximum Gasteiger partial charge on any atom is 2.00 e. The number of benzene rings is 4. The van der Waals surface area contributed by atoms with Crippen molar-refractivity contribution in [3.05, 3.63) is 131 Å². The minimum absolute atomic E-state index is 0. The van der Waals surface area contributed by atoms with Gasteiger partial charge in [-0.3, -0.25) is 4.68 Å². The Kier molecular flexibility index (Phi) is 9.90. The van der Waals surface area contributed by atoms with Crippen LogP contribution in [0.15, 0.2) is 91.1 Å². The fourth-order valence-corrected chi connectivity index (χ4v) is 6.80. The maximum atomic E-state index is 6.50. The van der Waals surface area contributed by atoms with Crippen LogP contribution in [0.2, 0.25) is 0 Å². The number of aromatic nitrogens is 4. The molecule has 7 aromatic rings. The van der Waals surface area contributed by atoms with E-state index >= 15 is 0 Å². The van der Waals surface area contributed by atoms with E-state index in [-0.39, 0.29) is 31.3 Å². The molecule has 0 saturated carbocycles. The summed E-state index contributed by atoms with van der Waals surface area (Å²) in [5.74, 6) is 2.08. The predicted octanol–water partition coefficient (Wildman–Crippen LogP) is 11.4. The van der Waals surface area contributed by atoms with E-state index in [9.17, 15) is 0 Å². The van der Waals surface area contributed by atoms with Crippen molar-refractivity contribution < 1.29 is 25.2 Å². The molecular formula is C45H46N4OPd. The topological polar surface area (TPSA) is 44.9 Å². The molecule has 0 unspecified atom stereocenters. The van der Waals surface area contributed by atoms with Gasteiger partial charge in [-0.1, -0.05) is 97.3 Å². The van der Waals surface area contributed by atoms with E-state index in [1.165, 1.54) is 27.9 Å². The molecule has 0 N–H and O–H groups in total. The minimum Gasteiger partial charge on any atom is -0.509 e. The summed E-state index contributed by atoms with van der Waals surface area (Å²) in [5.41, 5.74) is 11.4. The molecule has 0 spiro atoms. The summed E-state index contributed by atoms with van der Waals surface area (Å²) in [5, 5.41) is 7.46. The Labute approximate surface area is 316 Å². The van der Waals surface area contributed by atoms with Gasteiger partial charge < -0.3 is 9.30 Å². The van der Waals surface area contributed by atoms with Crippen LogP contribution in [0, 0.1) is 19.1 Å². The van der Waals surface area contributed by atoms with Crippen LogP contribution in [-0.2, 0) is 44.1 Å². The normalized spacial score (nSPS) is 12.0. The van der Waals surface area contributed by atoms with Gasteiger partial charge in [0.05, 0.1) is 5.69 Å². The van der Waals surface area contributed by atoms with E-state index in [1.807, 2.05) is 30.5 Å². The van der Waals surface area contributed by atoms with E-state index in [0.29, 0.717) is 11.5 Å². The van der Waals surface area contributed by atoms with Crippen LogP contribution in [0.5, 0.6) is 11.5 Å². The molecule has 0 amide bonds. The Hall–Kier alpha value is -4.50. The second-order valence-electron chi connectivity index (χ2n) is 15.3. The predicted molar refractivity (Wildman–Crippen MR) is 206 cm³/mol. The molecule has 0 radical (unpaired) electrons. The van der Waals surface area contributed by atoms with E-state index in [1.54, 1.807) is 0 Å².